The van der Waals surface area contributed by atoms with Gasteiger partial charge in [0.15, 0.2) is 0 Å². The van der Waals surface area contributed by atoms with Gasteiger partial charge in [-0.1, -0.05) is 0 Å². The van der Waals surface area contributed by atoms with E-state index in [1.807, 2.05) is 6.92 Å². The molecule has 3 heteroatoms. The van der Waals surface area contributed by atoms with Crippen molar-refractivity contribution >= 4 is 0 Å². The number of likely N-dealkylation sites (tertiary alicyclic amines) is 1. The largest absolute Gasteiger partial charge is 0.393 e. The molecule has 0 aromatic carbocycles. The number of aliphatic hydroxyl groups excluding tert-OH is 1. The molecular formula is C12H26N2O. The SMILES string of the molecule is CC(O)CC1CCCN1CCCN(C)C. The summed E-state index contributed by atoms with van der Waals surface area (Å²) >= 11 is 0. The molecule has 0 aromatic rings. The summed E-state index contributed by atoms with van der Waals surface area (Å²) in [6, 6.07) is 0.632. The Morgan fingerprint density at radius 1 is 1.47 bits per heavy atom. The summed E-state index contributed by atoms with van der Waals surface area (Å²) in [7, 11) is 4.24. The van der Waals surface area contributed by atoms with E-state index in [0.717, 1.165) is 13.0 Å². The van der Waals surface area contributed by atoms with Crippen molar-refractivity contribution in [2.75, 3.05) is 33.7 Å². The van der Waals surface area contributed by atoms with Crippen LogP contribution in [0.4, 0.5) is 0 Å². The summed E-state index contributed by atoms with van der Waals surface area (Å²) < 4.78 is 0. The summed E-state index contributed by atoms with van der Waals surface area (Å²) in [5.74, 6) is 0. The van der Waals surface area contributed by atoms with E-state index in [0.29, 0.717) is 6.04 Å². The van der Waals surface area contributed by atoms with E-state index in [9.17, 15) is 5.11 Å². The zero-order chi connectivity index (χ0) is 11.3. The van der Waals surface area contributed by atoms with E-state index in [4.69, 9.17) is 0 Å². The Bertz CT molecular complexity index is 171. The first-order chi connectivity index (χ1) is 7.09. The normalized spacial score (nSPS) is 25.0. The molecule has 0 amide bonds. The van der Waals surface area contributed by atoms with Gasteiger partial charge in [-0.2, -0.15) is 0 Å². The summed E-state index contributed by atoms with van der Waals surface area (Å²) in [6.07, 6.45) is 4.61. The van der Waals surface area contributed by atoms with Crippen molar-refractivity contribution < 1.29 is 5.11 Å². The van der Waals surface area contributed by atoms with Gasteiger partial charge in [-0.25, -0.2) is 0 Å². The van der Waals surface area contributed by atoms with E-state index < -0.39 is 0 Å². The highest BCUT2D eigenvalue weighted by atomic mass is 16.3. The molecule has 90 valence electrons. The van der Waals surface area contributed by atoms with Crippen LogP contribution < -0.4 is 0 Å². The maximum Gasteiger partial charge on any atom is 0.0527 e. The highest BCUT2D eigenvalue weighted by Crippen LogP contribution is 2.21. The van der Waals surface area contributed by atoms with Crippen LogP contribution in [0.2, 0.25) is 0 Å². The van der Waals surface area contributed by atoms with Crippen LogP contribution >= 0.6 is 0 Å². The van der Waals surface area contributed by atoms with Crippen LogP contribution in [-0.2, 0) is 0 Å². The lowest BCUT2D eigenvalue weighted by molar-refractivity contribution is 0.132. The summed E-state index contributed by atoms with van der Waals surface area (Å²) in [6.45, 7) is 5.48. The van der Waals surface area contributed by atoms with Gasteiger partial charge in [0.05, 0.1) is 6.10 Å². The molecule has 0 radical (unpaired) electrons. The molecule has 2 atom stereocenters. The molecule has 2 unspecified atom stereocenters. The standard InChI is InChI=1S/C12H26N2O/c1-11(15)10-12-6-4-8-14(12)9-5-7-13(2)3/h11-12,15H,4-10H2,1-3H3. The minimum Gasteiger partial charge on any atom is -0.393 e. The fourth-order valence-corrected chi connectivity index (χ4v) is 2.44. The van der Waals surface area contributed by atoms with Crippen LogP contribution in [0.25, 0.3) is 0 Å². The second-order valence-corrected chi connectivity index (χ2v) is 5.07. The van der Waals surface area contributed by atoms with Gasteiger partial charge >= 0.3 is 0 Å². The molecule has 1 aliphatic heterocycles. The van der Waals surface area contributed by atoms with Gasteiger partial charge in [0.1, 0.15) is 0 Å². The van der Waals surface area contributed by atoms with E-state index in [-0.39, 0.29) is 6.10 Å². The van der Waals surface area contributed by atoms with E-state index in [1.54, 1.807) is 0 Å². The summed E-state index contributed by atoms with van der Waals surface area (Å²) in [5, 5.41) is 9.41. The van der Waals surface area contributed by atoms with Crippen LogP contribution in [-0.4, -0.2) is 60.8 Å². The fourth-order valence-electron chi connectivity index (χ4n) is 2.44. The van der Waals surface area contributed by atoms with Gasteiger partial charge < -0.3 is 14.9 Å². The van der Waals surface area contributed by atoms with Crippen molar-refractivity contribution in [1.29, 1.82) is 0 Å². The van der Waals surface area contributed by atoms with Gasteiger partial charge in [0.25, 0.3) is 0 Å². The highest BCUT2D eigenvalue weighted by Gasteiger charge is 2.24. The third-order valence-electron chi connectivity index (χ3n) is 3.16. The monoisotopic (exact) mass is 214 g/mol. The first-order valence-corrected chi connectivity index (χ1v) is 6.16. The van der Waals surface area contributed by atoms with Gasteiger partial charge in [-0.15, -0.1) is 0 Å². The Balaban J connectivity index is 2.21. The molecule has 1 aliphatic rings. The van der Waals surface area contributed by atoms with Gasteiger partial charge in [-0.3, -0.25) is 0 Å². The summed E-state index contributed by atoms with van der Waals surface area (Å²) in [5.41, 5.74) is 0. The lowest BCUT2D eigenvalue weighted by Gasteiger charge is -2.25. The molecular weight excluding hydrogens is 188 g/mol. The molecule has 1 fully saturated rings. The predicted molar refractivity (Wildman–Crippen MR) is 64.1 cm³/mol. The Kier molecular flexibility index (Phi) is 5.58. The van der Waals surface area contributed by atoms with Gasteiger partial charge in [0.2, 0.25) is 0 Å². The van der Waals surface area contributed by atoms with Crippen LogP contribution in [0.3, 0.4) is 0 Å². The molecule has 1 heterocycles. The Hall–Kier alpha value is -0.120. The van der Waals surface area contributed by atoms with Crippen LogP contribution in [0, 0.1) is 0 Å². The van der Waals surface area contributed by atoms with E-state index in [1.165, 1.54) is 32.4 Å². The van der Waals surface area contributed by atoms with E-state index >= 15 is 0 Å². The topological polar surface area (TPSA) is 26.7 Å². The minimum atomic E-state index is -0.149. The molecule has 1 N–H and O–H groups in total. The zero-order valence-corrected chi connectivity index (χ0v) is 10.4. The van der Waals surface area contributed by atoms with Gasteiger partial charge in [-0.05, 0) is 66.3 Å². The molecule has 0 spiro atoms. The lowest BCUT2D eigenvalue weighted by atomic mass is 10.1. The Morgan fingerprint density at radius 3 is 2.80 bits per heavy atom. The average Bonchev–Trinajstić information content (AvgIpc) is 2.51. The molecule has 1 saturated heterocycles. The molecule has 0 aliphatic carbocycles. The number of nitrogens with zero attached hydrogens (tertiary/aromatic N) is 2. The lowest BCUT2D eigenvalue weighted by Crippen LogP contribution is -2.33. The Morgan fingerprint density at radius 2 is 2.20 bits per heavy atom. The molecule has 3 nitrogen and oxygen atoms in total. The van der Waals surface area contributed by atoms with Crippen LogP contribution in [0.1, 0.15) is 32.6 Å². The quantitative estimate of drug-likeness (QED) is 0.719. The second-order valence-electron chi connectivity index (χ2n) is 5.07. The third-order valence-corrected chi connectivity index (χ3v) is 3.16. The number of rotatable bonds is 6. The molecule has 0 aromatic heterocycles. The zero-order valence-electron chi connectivity index (χ0n) is 10.4. The third kappa shape index (κ3) is 4.96. The van der Waals surface area contributed by atoms with Gasteiger partial charge in [0, 0.05) is 6.04 Å². The second kappa shape index (κ2) is 6.46. The highest BCUT2D eigenvalue weighted by molar-refractivity contribution is 4.80. The number of hydrogen-bond donors (Lipinski definition) is 1. The predicted octanol–water partition coefficient (Wildman–Crippen LogP) is 1.17. The van der Waals surface area contributed by atoms with Crippen molar-refractivity contribution in [2.45, 2.75) is 44.8 Å². The van der Waals surface area contributed by atoms with Crippen LogP contribution in [0.5, 0.6) is 0 Å². The molecule has 15 heavy (non-hydrogen) atoms. The van der Waals surface area contributed by atoms with Crippen molar-refractivity contribution in [3.05, 3.63) is 0 Å². The fraction of sp³-hybridized carbons (Fsp3) is 1.00. The van der Waals surface area contributed by atoms with Crippen molar-refractivity contribution in [2.24, 2.45) is 0 Å². The average molecular weight is 214 g/mol. The first kappa shape index (κ1) is 12.9. The van der Waals surface area contributed by atoms with Crippen molar-refractivity contribution in [3.8, 4) is 0 Å². The molecule has 1 rings (SSSR count). The van der Waals surface area contributed by atoms with Crippen molar-refractivity contribution in [1.82, 2.24) is 9.80 Å². The smallest absolute Gasteiger partial charge is 0.0527 e. The minimum absolute atomic E-state index is 0.149. The van der Waals surface area contributed by atoms with Crippen LogP contribution in [0.15, 0.2) is 0 Å². The molecule has 0 bridgehead atoms. The molecule has 0 saturated carbocycles. The summed E-state index contributed by atoms with van der Waals surface area (Å²) in [4.78, 5) is 4.79. The number of hydrogen-bond acceptors (Lipinski definition) is 3. The van der Waals surface area contributed by atoms with E-state index in [2.05, 4.69) is 23.9 Å². The Labute approximate surface area is 94.1 Å². The maximum atomic E-state index is 9.41. The maximum absolute atomic E-state index is 9.41. The number of aliphatic hydroxyl groups is 1. The van der Waals surface area contributed by atoms with Crippen molar-refractivity contribution in [3.63, 3.8) is 0 Å². The first-order valence-electron chi connectivity index (χ1n) is 6.16.